The Balaban J connectivity index is 1.37. The van der Waals surface area contributed by atoms with Crippen molar-refractivity contribution in [3.05, 3.63) is 42.4 Å². The molecule has 0 radical (unpaired) electrons. The quantitative estimate of drug-likeness (QED) is 0.688. The molecule has 7 heteroatoms. The molecular formula is C15H14N4OS2. The molecule has 1 saturated carbocycles. The number of anilines is 1. The lowest BCUT2D eigenvalue weighted by atomic mass is 10.2. The van der Waals surface area contributed by atoms with Crippen molar-refractivity contribution in [3.63, 3.8) is 0 Å². The van der Waals surface area contributed by atoms with E-state index in [0.717, 1.165) is 20.8 Å². The van der Waals surface area contributed by atoms with Crippen LogP contribution in [0.3, 0.4) is 0 Å². The van der Waals surface area contributed by atoms with Crippen LogP contribution in [-0.2, 0) is 5.75 Å². The summed E-state index contributed by atoms with van der Waals surface area (Å²) in [5, 5.41) is 12.6. The largest absolute Gasteiger partial charge is 0.440 e. The van der Waals surface area contributed by atoms with Gasteiger partial charge < -0.3 is 9.73 Å². The summed E-state index contributed by atoms with van der Waals surface area (Å²) in [4.78, 5) is 4.33. The van der Waals surface area contributed by atoms with Crippen LogP contribution in [0.15, 0.2) is 45.3 Å². The zero-order chi connectivity index (χ0) is 14.8. The SMILES string of the molecule is c1ccc(-c2cnc(CSc3nnc(NC4CC4)s3)o2)cc1. The van der Waals surface area contributed by atoms with Crippen molar-refractivity contribution in [1.82, 2.24) is 15.2 Å². The maximum Gasteiger partial charge on any atom is 0.206 e. The molecule has 4 rings (SSSR count). The number of hydrogen-bond acceptors (Lipinski definition) is 7. The second kappa shape index (κ2) is 6.10. The van der Waals surface area contributed by atoms with Crippen LogP contribution in [0, 0.1) is 0 Å². The van der Waals surface area contributed by atoms with Gasteiger partial charge in [-0.2, -0.15) is 0 Å². The number of nitrogens with zero attached hydrogens (tertiary/aromatic N) is 3. The summed E-state index contributed by atoms with van der Waals surface area (Å²) in [7, 11) is 0. The van der Waals surface area contributed by atoms with Crippen LogP contribution in [0.1, 0.15) is 18.7 Å². The Morgan fingerprint density at radius 2 is 2.09 bits per heavy atom. The van der Waals surface area contributed by atoms with Crippen molar-refractivity contribution in [1.29, 1.82) is 0 Å². The van der Waals surface area contributed by atoms with Gasteiger partial charge in [0.2, 0.25) is 11.0 Å². The minimum atomic E-state index is 0.603. The van der Waals surface area contributed by atoms with E-state index in [1.165, 1.54) is 12.8 Å². The van der Waals surface area contributed by atoms with Gasteiger partial charge in [-0.15, -0.1) is 10.2 Å². The summed E-state index contributed by atoms with van der Waals surface area (Å²) in [6.45, 7) is 0. The van der Waals surface area contributed by atoms with E-state index in [1.807, 2.05) is 30.3 Å². The van der Waals surface area contributed by atoms with Crippen LogP contribution in [0.25, 0.3) is 11.3 Å². The summed E-state index contributed by atoms with van der Waals surface area (Å²) in [6.07, 6.45) is 4.24. The molecule has 5 nitrogen and oxygen atoms in total. The standard InChI is InChI=1S/C15H14N4OS2/c1-2-4-10(5-3-1)12-8-16-13(20-12)9-21-15-19-18-14(22-15)17-11-6-7-11/h1-5,8,11H,6-7,9H2,(H,17,18). The van der Waals surface area contributed by atoms with E-state index in [1.54, 1.807) is 29.3 Å². The van der Waals surface area contributed by atoms with E-state index in [0.29, 0.717) is 17.7 Å². The van der Waals surface area contributed by atoms with Gasteiger partial charge in [0.1, 0.15) is 0 Å². The second-order valence-corrected chi connectivity index (χ2v) is 7.26. The first-order valence-corrected chi connectivity index (χ1v) is 8.90. The van der Waals surface area contributed by atoms with Crippen LogP contribution < -0.4 is 5.32 Å². The van der Waals surface area contributed by atoms with Gasteiger partial charge in [-0.3, -0.25) is 0 Å². The van der Waals surface area contributed by atoms with Gasteiger partial charge in [0.15, 0.2) is 10.1 Å². The maximum atomic E-state index is 5.78. The van der Waals surface area contributed by atoms with Gasteiger partial charge in [0.25, 0.3) is 0 Å². The highest BCUT2D eigenvalue weighted by Crippen LogP contribution is 2.32. The van der Waals surface area contributed by atoms with Crippen molar-refractivity contribution in [2.24, 2.45) is 0 Å². The highest BCUT2D eigenvalue weighted by atomic mass is 32.2. The zero-order valence-corrected chi connectivity index (χ0v) is 13.4. The molecular weight excluding hydrogens is 316 g/mol. The van der Waals surface area contributed by atoms with Crippen LogP contribution in [0.5, 0.6) is 0 Å². The summed E-state index contributed by atoms with van der Waals surface area (Å²) >= 11 is 3.18. The van der Waals surface area contributed by atoms with Crippen LogP contribution in [-0.4, -0.2) is 21.2 Å². The highest BCUT2D eigenvalue weighted by Gasteiger charge is 2.22. The molecule has 1 aromatic carbocycles. The minimum Gasteiger partial charge on any atom is -0.440 e. The van der Waals surface area contributed by atoms with Crippen molar-refractivity contribution in [2.45, 2.75) is 29.0 Å². The van der Waals surface area contributed by atoms with Gasteiger partial charge in [-0.1, -0.05) is 53.4 Å². The summed E-state index contributed by atoms with van der Waals surface area (Å²) in [5.41, 5.74) is 1.04. The van der Waals surface area contributed by atoms with Gasteiger partial charge in [-0.05, 0) is 12.8 Å². The number of rotatable bonds is 6. The Hall–Kier alpha value is -1.86. The minimum absolute atomic E-state index is 0.603. The number of benzene rings is 1. The molecule has 22 heavy (non-hydrogen) atoms. The fourth-order valence-corrected chi connectivity index (χ4v) is 3.65. The molecule has 1 aliphatic carbocycles. The smallest absolute Gasteiger partial charge is 0.206 e. The molecule has 0 aliphatic heterocycles. The number of nitrogens with one attached hydrogen (secondary N) is 1. The first-order chi connectivity index (χ1) is 10.9. The van der Waals surface area contributed by atoms with Crippen LogP contribution >= 0.6 is 23.1 Å². The normalized spacial score (nSPS) is 14.2. The predicted octanol–water partition coefficient (Wildman–Crippen LogP) is 4.06. The van der Waals surface area contributed by atoms with E-state index < -0.39 is 0 Å². The summed E-state index contributed by atoms with van der Waals surface area (Å²) in [5.74, 6) is 2.16. The third-order valence-corrected chi connectivity index (χ3v) is 5.21. The molecule has 0 unspecified atom stereocenters. The van der Waals surface area contributed by atoms with E-state index in [9.17, 15) is 0 Å². The molecule has 1 aliphatic rings. The number of thioether (sulfide) groups is 1. The van der Waals surface area contributed by atoms with E-state index in [2.05, 4.69) is 20.5 Å². The van der Waals surface area contributed by atoms with Crippen molar-refractivity contribution < 1.29 is 4.42 Å². The van der Waals surface area contributed by atoms with Gasteiger partial charge in [-0.25, -0.2) is 4.98 Å². The summed E-state index contributed by atoms with van der Waals surface area (Å²) < 4.78 is 6.71. The molecule has 2 aromatic heterocycles. The van der Waals surface area contributed by atoms with Crippen molar-refractivity contribution in [2.75, 3.05) is 5.32 Å². The van der Waals surface area contributed by atoms with Gasteiger partial charge in [0.05, 0.1) is 11.9 Å². The van der Waals surface area contributed by atoms with Crippen LogP contribution in [0.2, 0.25) is 0 Å². The zero-order valence-electron chi connectivity index (χ0n) is 11.7. The first-order valence-electron chi connectivity index (χ1n) is 7.10. The Morgan fingerprint density at radius 1 is 1.23 bits per heavy atom. The lowest BCUT2D eigenvalue weighted by Gasteiger charge is -1.95. The molecule has 0 saturated heterocycles. The fraction of sp³-hybridized carbons (Fsp3) is 0.267. The molecule has 112 valence electrons. The molecule has 3 aromatic rings. The molecule has 0 bridgehead atoms. The van der Waals surface area contributed by atoms with E-state index in [-0.39, 0.29) is 0 Å². The molecule has 0 atom stereocenters. The average molecular weight is 330 g/mol. The number of aromatic nitrogens is 3. The third kappa shape index (κ3) is 3.31. The third-order valence-electron chi connectivity index (χ3n) is 3.24. The monoisotopic (exact) mass is 330 g/mol. The fourth-order valence-electron chi connectivity index (χ4n) is 1.97. The molecule has 0 amide bonds. The van der Waals surface area contributed by atoms with Crippen molar-refractivity contribution in [3.8, 4) is 11.3 Å². The van der Waals surface area contributed by atoms with Crippen molar-refractivity contribution >= 4 is 28.2 Å². The topological polar surface area (TPSA) is 63.8 Å². The molecule has 1 N–H and O–H groups in total. The summed E-state index contributed by atoms with van der Waals surface area (Å²) in [6, 6.07) is 10.6. The number of hydrogen-bond donors (Lipinski definition) is 1. The average Bonchev–Trinajstić information content (AvgIpc) is 3.06. The maximum absolute atomic E-state index is 5.78. The molecule has 2 heterocycles. The predicted molar refractivity (Wildman–Crippen MR) is 88.1 cm³/mol. The molecule has 0 spiro atoms. The van der Waals surface area contributed by atoms with Gasteiger partial charge >= 0.3 is 0 Å². The Bertz CT molecular complexity index is 752. The van der Waals surface area contributed by atoms with E-state index >= 15 is 0 Å². The lowest BCUT2D eigenvalue weighted by Crippen LogP contribution is -1.99. The Morgan fingerprint density at radius 3 is 2.91 bits per heavy atom. The lowest BCUT2D eigenvalue weighted by molar-refractivity contribution is 0.530. The Kier molecular flexibility index (Phi) is 3.82. The van der Waals surface area contributed by atoms with E-state index in [4.69, 9.17) is 4.42 Å². The molecule has 1 fully saturated rings. The van der Waals surface area contributed by atoms with Crippen LogP contribution in [0.4, 0.5) is 5.13 Å². The number of oxazole rings is 1. The first kappa shape index (κ1) is 13.8. The highest BCUT2D eigenvalue weighted by molar-refractivity contribution is 8.00. The Labute approximate surface area is 136 Å². The second-order valence-electron chi connectivity index (χ2n) is 5.06. The van der Waals surface area contributed by atoms with Gasteiger partial charge in [0, 0.05) is 11.6 Å².